The van der Waals surface area contributed by atoms with Gasteiger partial charge in [-0.15, -0.1) is 0 Å². The van der Waals surface area contributed by atoms with Crippen LogP contribution in [-0.2, 0) is 4.79 Å². The molecule has 4 heteroatoms. The second-order valence-electron chi connectivity index (χ2n) is 4.96. The van der Waals surface area contributed by atoms with E-state index in [4.69, 9.17) is 5.84 Å². The molecule has 0 saturated heterocycles. The fourth-order valence-corrected chi connectivity index (χ4v) is 2.04. The summed E-state index contributed by atoms with van der Waals surface area (Å²) in [7, 11) is 2.00. The molecule has 1 amide bonds. The number of likely N-dealkylation sites (N-methyl/N-ethyl adjacent to an activating group) is 1. The quantitative estimate of drug-likeness (QED) is 0.395. The Kier molecular flexibility index (Phi) is 7.34. The standard InChI is InChI=1S/C12H27N3O/c1-6-7-11(12(16)14-13)15(5)10(4)8-9(2)3/h9-11H,6-8,13H2,1-5H3,(H,14,16). The number of nitrogens with two attached hydrogens (primary N) is 1. The maximum atomic E-state index is 11.7. The molecule has 0 rings (SSSR count). The van der Waals surface area contributed by atoms with Gasteiger partial charge in [-0.05, 0) is 32.7 Å². The van der Waals surface area contributed by atoms with Crippen LogP contribution >= 0.6 is 0 Å². The van der Waals surface area contributed by atoms with Crippen LogP contribution in [0.25, 0.3) is 0 Å². The molecule has 0 radical (unpaired) electrons. The Balaban J connectivity index is 4.46. The summed E-state index contributed by atoms with van der Waals surface area (Å²) in [5, 5.41) is 0. The number of nitrogens with zero attached hydrogens (tertiary/aromatic N) is 1. The lowest BCUT2D eigenvalue weighted by Gasteiger charge is -2.32. The molecule has 0 aromatic carbocycles. The summed E-state index contributed by atoms with van der Waals surface area (Å²) in [6, 6.07) is 0.289. The molecule has 96 valence electrons. The lowest BCUT2D eigenvalue weighted by Crippen LogP contribution is -2.50. The largest absolute Gasteiger partial charge is 0.293 e. The topological polar surface area (TPSA) is 58.4 Å². The number of carbonyl (C=O) groups excluding carboxylic acids is 1. The Morgan fingerprint density at radius 2 is 1.94 bits per heavy atom. The van der Waals surface area contributed by atoms with Crippen LogP contribution in [0.3, 0.4) is 0 Å². The third kappa shape index (κ3) is 4.94. The van der Waals surface area contributed by atoms with Gasteiger partial charge in [-0.3, -0.25) is 15.1 Å². The van der Waals surface area contributed by atoms with Crippen molar-refractivity contribution in [3.63, 3.8) is 0 Å². The normalized spacial score (nSPS) is 15.2. The van der Waals surface area contributed by atoms with E-state index >= 15 is 0 Å². The molecule has 2 atom stereocenters. The van der Waals surface area contributed by atoms with Crippen molar-refractivity contribution in [1.82, 2.24) is 10.3 Å². The van der Waals surface area contributed by atoms with Crippen LogP contribution in [-0.4, -0.2) is 29.9 Å². The molecule has 0 aromatic heterocycles. The van der Waals surface area contributed by atoms with Gasteiger partial charge in [-0.25, -0.2) is 5.84 Å². The van der Waals surface area contributed by atoms with E-state index in [1.165, 1.54) is 0 Å². The zero-order valence-corrected chi connectivity index (χ0v) is 11.3. The molecule has 0 saturated carbocycles. The fourth-order valence-electron chi connectivity index (χ4n) is 2.04. The number of hydrogen-bond acceptors (Lipinski definition) is 3. The molecule has 0 aromatic rings. The Bertz CT molecular complexity index is 206. The molecule has 0 bridgehead atoms. The number of rotatable bonds is 7. The average molecular weight is 229 g/mol. The minimum atomic E-state index is -0.108. The first-order chi connectivity index (χ1) is 7.43. The number of nitrogens with one attached hydrogen (secondary N) is 1. The highest BCUT2D eigenvalue weighted by atomic mass is 16.2. The monoisotopic (exact) mass is 229 g/mol. The van der Waals surface area contributed by atoms with Crippen molar-refractivity contribution in [1.29, 1.82) is 0 Å². The highest BCUT2D eigenvalue weighted by Gasteiger charge is 2.25. The van der Waals surface area contributed by atoms with Crippen molar-refractivity contribution in [3.05, 3.63) is 0 Å². The smallest absolute Gasteiger partial charge is 0.251 e. The Morgan fingerprint density at radius 3 is 2.31 bits per heavy atom. The molecule has 0 fully saturated rings. The van der Waals surface area contributed by atoms with Gasteiger partial charge >= 0.3 is 0 Å². The highest BCUT2D eigenvalue weighted by Crippen LogP contribution is 2.15. The Labute approximate surface area is 99.5 Å². The van der Waals surface area contributed by atoms with Gasteiger partial charge in [0.05, 0.1) is 6.04 Å². The second-order valence-corrected chi connectivity index (χ2v) is 4.96. The van der Waals surface area contributed by atoms with Crippen molar-refractivity contribution >= 4 is 5.91 Å². The third-order valence-electron chi connectivity index (χ3n) is 3.01. The minimum absolute atomic E-state index is 0.0834. The zero-order valence-electron chi connectivity index (χ0n) is 11.3. The van der Waals surface area contributed by atoms with Crippen molar-refractivity contribution < 1.29 is 4.79 Å². The highest BCUT2D eigenvalue weighted by molar-refractivity contribution is 5.81. The molecule has 4 nitrogen and oxygen atoms in total. The van der Waals surface area contributed by atoms with E-state index in [0.29, 0.717) is 12.0 Å². The van der Waals surface area contributed by atoms with E-state index in [1.807, 2.05) is 7.05 Å². The van der Waals surface area contributed by atoms with Crippen LogP contribution in [0.1, 0.15) is 47.0 Å². The molecule has 0 aliphatic rings. The third-order valence-corrected chi connectivity index (χ3v) is 3.01. The van der Waals surface area contributed by atoms with Gasteiger partial charge in [0.2, 0.25) is 0 Å². The number of hydrazine groups is 1. The van der Waals surface area contributed by atoms with Crippen molar-refractivity contribution in [2.45, 2.75) is 59.0 Å². The van der Waals surface area contributed by atoms with Crippen LogP contribution in [0.15, 0.2) is 0 Å². The van der Waals surface area contributed by atoms with Gasteiger partial charge in [0, 0.05) is 6.04 Å². The lowest BCUT2D eigenvalue weighted by atomic mass is 10.0. The summed E-state index contributed by atoms with van der Waals surface area (Å²) in [5.41, 5.74) is 2.26. The van der Waals surface area contributed by atoms with Crippen molar-refractivity contribution in [2.75, 3.05) is 7.05 Å². The van der Waals surface area contributed by atoms with Gasteiger partial charge in [0.15, 0.2) is 0 Å². The first-order valence-corrected chi connectivity index (χ1v) is 6.16. The van der Waals surface area contributed by atoms with Crippen LogP contribution in [0.5, 0.6) is 0 Å². The molecule has 0 spiro atoms. The van der Waals surface area contributed by atoms with Crippen molar-refractivity contribution in [2.24, 2.45) is 11.8 Å². The molecular formula is C12H27N3O. The molecular weight excluding hydrogens is 202 g/mol. The van der Waals surface area contributed by atoms with E-state index in [9.17, 15) is 4.79 Å². The molecule has 16 heavy (non-hydrogen) atoms. The zero-order chi connectivity index (χ0) is 12.7. The van der Waals surface area contributed by atoms with E-state index in [-0.39, 0.29) is 11.9 Å². The second kappa shape index (κ2) is 7.63. The van der Waals surface area contributed by atoms with Gasteiger partial charge in [-0.1, -0.05) is 27.2 Å². The van der Waals surface area contributed by atoms with E-state index in [1.54, 1.807) is 0 Å². The lowest BCUT2D eigenvalue weighted by molar-refractivity contribution is -0.127. The predicted molar refractivity (Wildman–Crippen MR) is 67.7 cm³/mol. The predicted octanol–water partition coefficient (Wildman–Crippen LogP) is 1.51. The maximum absolute atomic E-state index is 11.7. The van der Waals surface area contributed by atoms with Crippen LogP contribution in [0, 0.1) is 5.92 Å². The van der Waals surface area contributed by atoms with Crippen molar-refractivity contribution in [3.8, 4) is 0 Å². The Hall–Kier alpha value is -0.610. The van der Waals surface area contributed by atoms with Gasteiger partial charge in [-0.2, -0.15) is 0 Å². The minimum Gasteiger partial charge on any atom is -0.293 e. The first kappa shape index (κ1) is 15.4. The maximum Gasteiger partial charge on any atom is 0.251 e. The SMILES string of the molecule is CCCC(C(=O)NN)N(C)C(C)CC(C)C. The number of amides is 1. The number of hydrogen-bond donors (Lipinski definition) is 2. The molecule has 0 heterocycles. The van der Waals surface area contributed by atoms with Gasteiger partial charge in [0.25, 0.3) is 5.91 Å². The van der Waals surface area contributed by atoms with E-state index < -0.39 is 0 Å². The van der Waals surface area contributed by atoms with Crippen LogP contribution in [0.2, 0.25) is 0 Å². The molecule has 3 N–H and O–H groups in total. The van der Waals surface area contributed by atoms with E-state index in [2.05, 4.69) is 38.0 Å². The summed E-state index contributed by atoms with van der Waals surface area (Å²) in [4.78, 5) is 13.8. The molecule has 2 unspecified atom stereocenters. The summed E-state index contributed by atoms with van der Waals surface area (Å²) in [5.74, 6) is 5.77. The summed E-state index contributed by atoms with van der Waals surface area (Å²) in [6.45, 7) is 8.63. The average Bonchev–Trinajstić information content (AvgIpc) is 2.23. The number of carbonyl (C=O) groups is 1. The van der Waals surface area contributed by atoms with Crippen LogP contribution < -0.4 is 11.3 Å². The Morgan fingerprint density at radius 1 is 1.38 bits per heavy atom. The van der Waals surface area contributed by atoms with Gasteiger partial charge < -0.3 is 0 Å². The fraction of sp³-hybridized carbons (Fsp3) is 0.917. The first-order valence-electron chi connectivity index (χ1n) is 6.16. The molecule has 0 aliphatic heterocycles. The summed E-state index contributed by atoms with van der Waals surface area (Å²) in [6.07, 6.45) is 2.92. The van der Waals surface area contributed by atoms with E-state index in [0.717, 1.165) is 19.3 Å². The summed E-state index contributed by atoms with van der Waals surface area (Å²) >= 11 is 0. The van der Waals surface area contributed by atoms with Crippen LogP contribution in [0.4, 0.5) is 0 Å². The summed E-state index contributed by atoms with van der Waals surface area (Å²) < 4.78 is 0. The van der Waals surface area contributed by atoms with Gasteiger partial charge in [0.1, 0.15) is 0 Å². The molecule has 0 aliphatic carbocycles.